The van der Waals surface area contributed by atoms with E-state index in [0.717, 1.165) is 12.8 Å². The van der Waals surface area contributed by atoms with Crippen LogP contribution in [0.25, 0.3) is 0 Å². The van der Waals surface area contributed by atoms with Crippen molar-refractivity contribution >= 4 is 0 Å². The SMILES string of the molecule is OCC1([C@H](O)C2CCCCC2)CCC1. The van der Waals surface area contributed by atoms with Crippen molar-refractivity contribution in [1.82, 2.24) is 0 Å². The molecule has 2 heteroatoms. The molecule has 0 radical (unpaired) electrons. The van der Waals surface area contributed by atoms with Gasteiger partial charge in [0.1, 0.15) is 0 Å². The van der Waals surface area contributed by atoms with Crippen molar-refractivity contribution in [3.63, 3.8) is 0 Å². The van der Waals surface area contributed by atoms with Crippen LogP contribution < -0.4 is 0 Å². The largest absolute Gasteiger partial charge is 0.396 e. The van der Waals surface area contributed by atoms with Crippen LogP contribution in [0.3, 0.4) is 0 Å². The topological polar surface area (TPSA) is 40.5 Å². The van der Waals surface area contributed by atoms with E-state index in [1.165, 1.54) is 38.5 Å². The van der Waals surface area contributed by atoms with Crippen molar-refractivity contribution < 1.29 is 10.2 Å². The number of hydrogen-bond donors (Lipinski definition) is 2. The van der Waals surface area contributed by atoms with E-state index in [1.807, 2.05) is 0 Å². The molecule has 0 heterocycles. The molecule has 0 aromatic heterocycles. The van der Waals surface area contributed by atoms with Crippen LogP contribution in [0.4, 0.5) is 0 Å². The van der Waals surface area contributed by atoms with Crippen molar-refractivity contribution in [1.29, 1.82) is 0 Å². The third-order valence-electron chi connectivity index (χ3n) is 4.39. The standard InChI is InChI=1S/C12H22O2/c13-9-12(7-4-8-12)11(14)10-5-2-1-3-6-10/h10-11,13-14H,1-9H2/t11-/m1/s1. The van der Waals surface area contributed by atoms with Crippen molar-refractivity contribution in [3.05, 3.63) is 0 Å². The van der Waals surface area contributed by atoms with Crippen LogP contribution in [0.2, 0.25) is 0 Å². The average Bonchev–Trinajstić information content (AvgIpc) is 2.18. The van der Waals surface area contributed by atoms with Gasteiger partial charge in [0.2, 0.25) is 0 Å². The zero-order valence-corrected chi connectivity index (χ0v) is 8.91. The summed E-state index contributed by atoms with van der Waals surface area (Å²) in [5, 5.41) is 19.7. The molecule has 2 N–H and O–H groups in total. The Morgan fingerprint density at radius 2 is 1.71 bits per heavy atom. The lowest BCUT2D eigenvalue weighted by molar-refractivity contribution is -0.104. The van der Waals surface area contributed by atoms with Crippen molar-refractivity contribution in [3.8, 4) is 0 Å². The first-order valence-electron chi connectivity index (χ1n) is 6.07. The van der Waals surface area contributed by atoms with Crippen molar-refractivity contribution in [2.45, 2.75) is 57.5 Å². The Kier molecular flexibility index (Phi) is 3.13. The maximum Gasteiger partial charge on any atom is 0.0646 e. The Bertz CT molecular complexity index is 175. The van der Waals surface area contributed by atoms with Gasteiger partial charge in [0.15, 0.2) is 0 Å². The normalized spacial score (nSPS) is 29.6. The van der Waals surface area contributed by atoms with Crippen LogP contribution in [0.15, 0.2) is 0 Å². The van der Waals surface area contributed by atoms with Gasteiger partial charge in [-0.3, -0.25) is 0 Å². The summed E-state index contributed by atoms with van der Waals surface area (Å²) in [6.07, 6.45) is 9.21. The minimum atomic E-state index is -0.235. The second-order valence-electron chi connectivity index (χ2n) is 5.22. The Morgan fingerprint density at radius 1 is 1.07 bits per heavy atom. The van der Waals surface area contributed by atoms with Gasteiger partial charge in [0.05, 0.1) is 12.7 Å². The fourth-order valence-corrected chi connectivity index (χ4v) is 3.13. The maximum atomic E-state index is 10.3. The summed E-state index contributed by atoms with van der Waals surface area (Å²) >= 11 is 0. The van der Waals surface area contributed by atoms with E-state index < -0.39 is 0 Å². The van der Waals surface area contributed by atoms with E-state index in [9.17, 15) is 10.2 Å². The highest BCUT2D eigenvalue weighted by Gasteiger charge is 2.45. The minimum absolute atomic E-state index is 0.109. The lowest BCUT2D eigenvalue weighted by Crippen LogP contribution is -2.48. The molecule has 0 aromatic carbocycles. The summed E-state index contributed by atoms with van der Waals surface area (Å²) in [6, 6.07) is 0. The van der Waals surface area contributed by atoms with Gasteiger partial charge in [0, 0.05) is 5.41 Å². The third-order valence-corrected chi connectivity index (χ3v) is 4.39. The first kappa shape index (κ1) is 10.4. The van der Waals surface area contributed by atoms with Crippen LogP contribution in [0.1, 0.15) is 51.4 Å². The molecule has 1 atom stereocenters. The fraction of sp³-hybridized carbons (Fsp3) is 1.00. The Balaban J connectivity index is 1.94. The highest BCUT2D eigenvalue weighted by atomic mass is 16.3. The maximum absolute atomic E-state index is 10.3. The molecular weight excluding hydrogens is 176 g/mol. The van der Waals surface area contributed by atoms with E-state index in [1.54, 1.807) is 0 Å². The van der Waals surface area contributed by atoms with Crippen LogP contribution in [-0.2, 0) is 0 Å². The molecule has 0 aliphatic heterocycles. The zero-order chi connectivity index (χ0) is 10.0. The average molecular weight is 198 g/mol. The van der Waals surface area contributed by atoms with E-state index in [-0.39, 0.29) is 18.1 Å². The second-order valence-corrected chi connectivity index (χ2v) is 5.22. The van der Waals surface area contributed by atoms with Crippen LogP contribution in [0, 0.1) is 11.3 Å². The number of rotatable bonds is 3. The quantitative estimate of drug-likeness (QED) is 0.729. The molecule has 0 spiro atoms. The third kappa shape index (κ3) is 1.70. The van der Waals surface area contributed by atoms with Gasteiger partial charge >= 0.3 is 0 Å². The fourth-order valence-electron chi connectivity index (χ4n) is 3.13. The van der Waals surface area contributed by atoms with E-state index in [2.05, 4.69) is 0 Å². The number of aliphatic hydroxyl groups is 2. The lowest BCUT2D eigenvalue weighted by Gasteiger charge is -2.47. The molecule has 0 saturated heterocycles. The van der Waals surface area contributed by atoms with Crippen molar-refractivity contribution in [2.24, 2.45) is 11.3 Å². The predicted octanol–water partition coefficient (Wildman–Crippen LogP) is 2.09. The van der Waals surface area contributed by atoms with Crippen LogP contribution in [-0.4, -0.2) is 22.9 Å². The summed E-state index contributed by atoms with van der Waals surface area (Å²) in [6.45, 7) is 0.185. The summed E-state index contributed by atoms with van der Waals surface area (Å²) in [4.78, 5) is 0. The van der Waals surface area contributed by atoms with Gasteiger partial charge in [-0.15, -0.1) is 0 Å². The molecule has 2 fully saturated rings. The highest BCUT2D eigenvalue weighted by Crippen LogP contribution is 2.47. The van der Waals surface area contributed by atoms with Gasteiger partial charge in [0.25, 0.3) is 0 Å². The van der Waals surface area contributed by atoms with Gasteiger partial charge in [-0.1, -0.05) is 25.7 Å². The molecule has 0 bridgehead atoms. The Morgan fingerprint density at radius 3 is 2.14 bits per heavy atom. The molecule has 82 valence electrons. The Labute approximate surface area is 86.3 Å². The summed E-state index contributed by atoms with van der Waals surface area (Å²) in [5.74, 6) is 0.469. The molecule has 2 rings (SSSR count). The summed E-state index contributed by atoms with van der Waals surface area (Å²) < 4.78 is 0. The molecule has 2 nitrogen and oxygen atoms in total. The van der Waals surface area contributed by atoms with E-state index in [0.29, 0.717) is 5.92 Å². The van der Waals surface area contributed by atoms with Gasteiger partial charge in [-0.25, -0.2) is 0 Å². The molecule has 2 aliphatic rings. The first-order chi connectivity index (χ1) is 6.78. The first-order valence-corrected chi connectivity index (χ1v) is 6.07. The van der Waals surface area contributed by atoms with Crippen molar-refractivity contribution in [2.75, 3.05) is 6.61 Å². The van der Waals surface area contributed by atoms with Gasteiger partial charge in [-0.2, -0.15) is 0 Å². The molecule has 2 aliphatic carbocycles. The molecule has 14 heavy (non-hydrogen) atoms. The summed E-state index contributed by atoms with van der Waals surface area (Å²) in [5.41, 5.74) is -0.109. The van der Waals surface area contributed by atoms with Gasteiger partial charge in [-0.05, 0) is 31.6 Å². The number of hydrogen-bond acceptors (Lipinski definition) is 2. The summed E-state index contributed by atoms with van der Waals surface area (Å²) in [7, 11) is 0. The monoisotopic (exact) mass is 198 g/mol. The number of aliphatic hydroxyl groups excluding tert-OH is 2. The van der Waals surface area contributed by atoms with Gasteiger partial charge < -0.3 is 10.2 Å². The van der Waals surface area contributed by atoms with Crippen LogP contribution in [0.5, 0.6) is 0 Å². The zero-order valence-electron chi connectivity index (χ0n) is 8.91. The molecule has 0 amide bonds. The second kappa shape index (κ2) is 4.19. The Hall–Kier alpha value is -0.0800. The van der Waals surface area contributed by atoms with E-state index in [4.69, 9.17) is 0 Å². The predicted molar refractivity (Wildman–Crippen MR) is 56.0 cm³/mol. The lowest BCUT2D eigenvalue weighted by atomic mass is 9.61. The molecule has 0 aromatic rings. The molecule has 2 saturated carbocycles. The highest BCUT2D eigenvalue weighted by molar-refractivity contribution is 4.96. The molecule has 0 unspecified atom stereocenters. The smallest absolute Gasteiger partial charge is 0.0646 e. The van der Waals surface area contributed by atoms with E-state index >= 15 is 0 Å². The molecular formula is C12H22O2. The minimum Gasteiger partial charge on any atom is -0.396 e. The van der Waals surface area contributed by atoms with Crippen LogP contribution >= 0.6 is 0 Å².